The van der Waals surface area contributed by atoms with Gasteiger partial charge in [-0.25, -0.2) is 9.69 Å². The fraction of sp³-hybridized carbons (Fsp3) is 0. The van der Waals surface area contributed by atoms with Crippen molar-refractivity contribution in [2.45, 2.75) is 0 Å². The molecule has 0 amide bonds. The molecular formula is C134H87BrN6. The van der Waals surface area contributed by atoms with Crippen LogP contribution in [0.25, 0.3) is 218 Å². The fourth-order valence-electron chi connectivity index (χ4n) is 20.8. The van der Waals surface area contributed by atoms with E-state index in [0.717, 1.165) is 71.7 Å². The Labute approximate surface area is 826 Å². The summed E-state index contributed by atoms with van der Waals surface area (Å²) in [6, 6.07) is 186. The molecule has 26 aromatic rings. The highest BCUT2D eigenvalue weighted by molar-refractivity contribution is 9.10. The molecule has 0 saturated carbocycles. The normalized spacial score (nSPS) is 11.3. The van der Waals surface area contributed by atoms with Gasteiger partial charge in [-0.1, -0.05) is 413 Å². The first-order valence-electron chi connectivity index (χ1n) is 47.6. The van der Waals surface area contributed by atoms with Crippen LogP contribution in [0, 0.1) is 13.1 Å². The maximum absolute atomic E-state index is 7.84. The molecule has 6 nitrogen and oxygen atoms in total. The third-order valence-electron chi connectivity index (χ3n) is 27.5. The number of halogens is 1. The highest BCUT2D eigenvalue weighted by Crippen LogP contribution is 2.51. The van der Waals surface area contributed by atoms with Crippen molar-refractivity contribution in [3.63, 3.8) is 0 Å². The number of anilines is 5. The number of rotatable bonds is 15. The second-order valence-corrected chi connectivity index (χ2v) is 36.5. The maximum Gasteiger partial charge on any atom is 0.187 e. The average Bonchev–Trinajstić information content (AvgIpc) is 1.63. The monoisotopic (exact) mass is 1860 g/mol. The zero-order valence-electron chi connectivity index (χ0n) is 76.8. The molecule has 0 atom stereocenters. The summed E-state index contributed by atoms with van der Waals surface area (Å²) in [6.45, 7) is 15.0. The van der Waals surface area contributed by atoms with Gasteiger partial charge >= 0.3 is 0 Å². The Morgan fingerprint density at radius 2 is 0.511 bits per heavy atom. The molecule has 2 heterocycles. The van der Waals surface area contributed by atoms with Gasteiger partial charge in [0.2, 0.25) is 0 Å². The minimum Gasteiger partial charge on any atom is -0.356 e. The summed E-state index contributed by atoms with van der Waals surface area (Å²) in [5.41, 5.74) is 32.4. The zero-order valence-corrected chi connectivity index (χ0v) is 78.4. The third kappa shape index (κ3) is 16.2. The summed E-state index contributed by atoms with van der Waals surface area (Å²) in [6.07, 6.45) is 0. The summed E-state index contributed by atoms with van der Waals surface area (Å²) in [5, 5.41) is 23.0. The first-order valence-corrected chi connectivity index (χ1v) is 48.4. The molecule has 1 N–H and O–H groups in total. The first-order chi connectivity index (χ1) is 69.8. The molecule has 660 valence electrons. The largest absolute Gasteiger partial charge is 0.356 e. The molecule has 2 aromatic heterocycles. The SMILES string of the molecule is Brc1c2ccccc2c(-c2ccc(-c3cccc4ccccc34)cc2)c2ccccc12.[C-]#[N+]c1ccc(N(c2cccc(-n3c4ccc(-c5ccccc5)cc4c4cc(-c5ccccc5)ccc43)c2)c2c3ccccc3c(-c3ccc(-c4cccc5ccccc45)cc3)c3ccccc23)cc1.[C-]#[N+]c1ccc(Nc2cccc(-n3c4ccc(-c5ccccc5)cc4c4cc(-c5ccccc5)ccc43)c2)cc1. The molecule has 141 heavy (non-hydrogen) atoms. The Hall–Kier alpha value is -18.5. The van der Waals surface area contributed by atoms with E-state index in [2.05, 4.69) is 530 Å². The Balaban J connectivity index is 0.000000127. The van der Waals surface area contributed by atoms with Gasteiger partial charge in [0.25, 0.3) is 0 Å². The van der Waals surface area contributed by atoms with E-state index in [0.29, 0.717) is 11.4 Å². The van der Waals surface area contributed by atoms with Crippen LogP contribution >= 0.6 is 15.9 Å². The van der Waals surface area contributed by atoms with E-state index in [4.69, 9.17) is 13.1 Å². The molecule has 7 heteroatoms. The van der Waals surface area contributed by atoms with Crippen molar-refractivity contribution in [1.82, 2.24) is 9.13 Å². The lowest BCUT2D eigenvalue weighted by atomic mass is 9.89. The quantitative estimate of drug-likeness (QED) is 0.0820. The van der Waals surface area contributed by atoms with Gasteiger partial charge in [0.15, 0.2) is 11.4 Å². The van der Waals surface area contributed by atoms with Crippen LogP contribution in [0.3, 0.4) is 0 Å². The van der Waals surface area contributed by atoms with Crippen LogP contribution < -0.4 is 10.2 Å². The van der Waals surface area contributed by atoms with E-state index >= 15 is 0 Å². The van der Waals surface area contributed by atoms with Crippen molar-refractivity contribution in [1.29, 1.82) is 0 Å². The molecule has 0 aliphatic heterocycles. The number of benzene rings is 24. The van der Waals surface area contributed by atoms with Gasteiger partial charge in [-0.15, -0.1) is 0 Å². The highest BCUT2D eigenvalue weighted by Gasteiger charge is 2.26. The lowest BCUT2D eigenvalue weighted by Gasteiger charge is -2.30. The fourth-order valence-corrected chi connectivity index (χ4v) is 21.5. The summed E-state index contributed by atoms with van der Waals surface area (Å²) in [5.74, 6) is 0. The molecular weight excluding hydrogens is 1770 g/mol. The Morgan fingerprint density at radius 1 is 0.206 bits per heavy atom. The average molecular weight is 1860 g/mol. The molecule has 0 aliphatic carbocycles. The summed E-state index contributed by atoms with van der Waals surface area (Å²) < 4.78 is 5.93. The van der Waals surface area contributed by atoms with Gasteiger partial charge in [-0.05, 0) is 268 Å². The van der Waals surface area contributed by atoms with Crippen LogP contribution in [0.1, 0.15) is 0 Å². The lowest BCUT2D eigenvalue weighted by molar-refractivity contribution is 1.17. The molecule has 0 unspecified atom stereocenters. The van der Waals surface area contributed by atoms with Crippen molar-refractivity contribution in [3.8, 4) is 100 Å². The summed E-state index contributed by atoms with van der Waals surface area (Å²) in [7, 11) is 0. The Bertz CT molecular complexity index is 9070. The minimum absolute atomic E-state index is 0.601. The van der Waals surface area contributed by atoms with Crippen molar-refractivity contribution >= 4 is 164 Å². The molecule has 0 radical (unpaired) electrons. The van der Waals surface area contributed by atoms with Crippen molar-refractivity contribution in [2.75, 3.05) is 10.2 Å². The van der Waals surface area contributed by atoms with Crippen molar-refractivity contribution in [2.24, 2.45) is 0 Å². The predicted octanol–water partition coefficient (Wildman–Crippen LogP) is 38.6. The molecule has 0 bridgehead atoms. The molecule has 0 aliphatic rings. The summed E-state index contributed by atoms with van der Waals surface area (Å²) in [4.78, 5) is 9.67. The Kier molecular flexibility index (Phi) is 22.6. The van der Waals surface area contributed by atoms with Gasteiger partial charge < -0.3 is 19.4 Å². The number of aromatic nitrogens is 2. The van der Waals surface area contributed by atoms with Gasteiger partial charge in [-0.2, -0.15) is 0 Å². The van der Waals surface area contributed by atoms with Gasteiger partial charge in [0, 0.05) is 70.9 Å². The third-order valence-corrected chi connectivity index (χ3v) is 28.3. The molecule has 26 rings (SSSR count). The van der Waals surface area contributed by atoms with Crippen molar-refractivity contribution in [3.05, 3.63) is 549 Å². The minimum atomic E-state index is 0.601. The van der Waals surface area contributed by atoms with Gasteiger partial charge in [0.1, 0.15) is 0 Å². The second-order valence-electron chi connectivity index (χ2n) is 35.7. The molecule has 24 aromatic carbocycles. The van der Waals surface area contributed by atoms with Gasteiger partial charge in [0.05, 0.1) is 40.9 Å². The smallest absolute Gasteiger partial charge is 0.187 e. The van der Waals surface area contributed by atoms with E-state index in [1.54, 1.807) is 0 Å². The van der Waals surface area contributed by atoms with Crippen LogP contribution in [0.15, 0.2) is 526 Å². The van der Waals surface area contributed by atoms with Crippen LogP contribution in [0.4, 0.5) is 39.8 Å². The Morgan fingerprint density at radius 3 is 0.901 bits per heavy atom. The van der Waals surface area contributed by atoms with Gasteiger partial charge in [-0.3, -0.25) is 0 Å². The maximum atomic E-state index is 7.84. The van der Waals surface area contributed by atoms with Crippen LogP contribution in [-0.2, 0) is 0 Å². The van der Waals surface area contributed by atoms with E-state index in [9.17, 15) is 0 Å². The number of fused-ring (bicyclic) bond motifs is 12. The van der Waals surface area contributed by atoms with E-state index < -0.39 is 0 Å². The second kappa shape index (κ2) is 37.3. The van der Waals surface area contributed by atoms with E-state index in [1.165, 1.54) is 170 Å². The van der Waals surface area contributed by atoms with Crippen LogP contribution in [0.5, 0.6) is 0 Å². The number of nitrogens with zero attached hydrogens (tertiary/aromatic N) is 5. The number of hydrogen-bond donors (Lipinski definition) is 1. The number of hydrogen-bond acceptors (Lipinski definition) is 2. The molecule has 0 saturated heterocycles. The topological polar surface area (TPSA) is 33.9 Å². The predicted molar refractivity (Wildman–Crippen MR) is 601 cm³/mol. The van der Waals surface area contributed by atoms with Crippen molar-refractivity contribution < 1.29 is 0 Å². The standard InChI is InChI=1S/C67H43N3.C37H25N3.C30H19Br/c1-68-52-36-38-53(39-37-52)69(67-60-27-12-10-25-58(60)66(59-26-11-13-28-61(59)67)49-32-30-48(31-33-49)57-29-14-21-47-20-8-9-24-56(47)57)54-22-15-23-55(44-54)70-64-40-34-50(45-16-4-2-5-17-45)42-62(64)63-43-51(35-41-65(63)70)46-18-6-3-7-19-46;1-38-30-17-19-31(20-18-30)39-32-13-8-14-33(25-32)40-36-21-15-28(26-9-4-2-5-10-26)23-34(36)35-24-29(16-22-37(35)40)27-11-6-3-7-12-27;31-30-27-13-5-3-11-25(27)29(26-12-4-6-14-28(26)30)22-18-16-21(17-19-22)24-15-7-9-20-8-1-2-10-23(20)24/h2-44H;2-25,39H;1-19H. The number of nitrogens with one attached hydrogen (secondary N) is 1. The highest BCUT2D eigenvalue weighted by atomic mass is 79.9. The van der Waals surface area contributed by atoms with E-state index in [-0.39, 0.29) is 0 Å². The first kappa shape index (κ1) is 85.4. The van der Waals surface area contributed by atoms with E-state index in [1.807, 2.05) is 36.4 Å². The van der Waals surface area contributed by atoms with Crippen LogP contribution in [-0.4, -0.2) is 9.13 Å². The van der Waals surface area contributed by atoms with Crippen LogP contribution in [0.2, 0.25) is 0 Å². The molecule has 0 fully saturated rings. The lowest BCUT2D eigenvalue weighted by Crippen LogP contribution is -2.12. The summed E-state index contributed by atoms with van der Waals surface area (Å²) >= 11 is 3.85. The molecule has 0 spiro atoms. The zero-order chi connectivity index (χ0) is 94.2.